The lowest BCUT2D eigenvalue weighted by Gasteiger charge is -2.18. The van der Waals surface area contributed by atoms with Crippen LogP contribution in [0, 0.1) is 13.8 Å². The molecule has 6 rings (SSSR count). The Balaban J connectivity index is 0.000000180. The molecule has 4 aromatic rings. The number of hydrogen-bond acceptors (Lipinski definition) is 8. The lowest BCUT2D eigenvalue weighted by molar-refractivity contribution is -0.137. The number of nitrogens with one attached hydrogen (secondary N) is 2. The first kappa shape index (κ1) is 39.0. The summed E-state index contributed by atoms with van der Waals surface area (Å²) in [5.41, 5.74) is -1.71. The molecule has 50 heavy (non-hydrogen) atoms. The van der Waals surface area contributed by atoms with Crippen molar-refractivity contribution in [2.24, 2.45) is 0 Å². The smallest absolute Gasteiger partial charge is 0.423 e. The van der Waals surface area contributed by atoms with E-state index in [4.69, 9.17) is 10.0 Å². The molecule has 0 unspecified atom stereocenters. The first-order valence-electron chi connectivity index (χ1n) is 16.2. The van der Waals surface area contributed by atoms with Crippen molar-refractivity contribution in [2.45, 2.75) is 89.7 Å². The molecule has 0 saturated heterocycles. The summed E-state index contributed by atoms with van der Waals surface area (Å²) < 4.78 is 77.4. The highest BCUT2D eigenvalue weighted by molar-refractivity contribution is 9.10. The van der Waals surface area contributed by atoms with Gasteiger partial charge >= 0.3 is 19.5 Å². The van der Waals surface area contributed by atoms with Gasteiger partial charge in [-0.05, 0) is 72.6 Å². The molecule has 2 aromatic carbocycles. The predicted molar refractivity (Wildman–Crippen MR) is 185 cm³/mol. The van der Waals surface area contributed by atoms with Gasteiger partial charge in [0.2, 0.25) is 0 Å². The van der Waals surface area contributed by atoms with Crippen LogP contribution in [0.1, 0.15) is 74.1 Å². The van der Waals surface area contributed by atoms with E-state index < -0.39 is 36.1 Å². The van der Waals surface area contributed by atoms with Crippen LogP contribution in [0.25, 0.3) is 11.1 Å². The maximum absolute atomic E-state index is 13.3. The molecule has 0 aliphatic heterocycles. The summed E-state index contributed by atoms with van der Waals surface area (Å²) in [6.07, 6.45) is 3.80. The van der Waals surface area contributed by atoms with Gasteiger partial charge in [-0.2, -0.15) is 26.3 Å². The third kappa shape index (κ3) is 11.1. The number of benzene rings is 2. The van der Waals surface area contributed by atoms with Gasteiger partial charge in [0.05, 0.1) is 15.6 Å². The number of aromatic nitrogens is 4. The van der Waals surface area contributed by atoms with E-state index in [9.17, 15) is 26.3 Å². The number of rotatable bonds is 6. The molecule has 268 valence electrons. The van der Waals surface area contributed by atoms with Crippen LogP contribution in [-0.4, -0.2) is 49.2 Å². The standard InChI is InChI=1S/C17H18F3N3.C10H14BrN3.C7H6BF3O2/c1-11-21-10-14(16(22-11)23-12-6-2-3-7-12)13-8-4-5-9-15(13)17(18,19)20;1-7-12-6-9(11)10(13-7)14-8-4-2-3-5-8;9-7(10,11)5-3-1-2-4-6(5)8(12)13/h4-5,8-10,12H,2-3,6-7H2,1H3,(H,21,22,23);6,8H,2-5H2,1H3,(H,12,13,14);1-4,12-13H. The molecule has 2 aliphatic carbocycles. The Bertz CT molecular complexity index is 1700. The molecule has 0 amide bonds. The molecular weight excluding hydrogens is 729 g/mol. The largest absolute Gasteiger partial charge is 0.489 e. The Morgan fingerprint density at radius 3 is 1.64 bits per heavy atom. The highest BCUT2D eigenvalue weighted by atomic mass is 79.9. The van der Waals surface area contributed by atoms with Crippen molar-refractivity contribution in [1.82, 2.24) is 19.9 Å². The molecule has 0 bridgehead atoms. The van der Waals surface area contributed by atoms with E-state index in [0.29, 0.717) is 23.2 Å². The van der Waals surface area contributed by atoms with Gasteiger partial charge in [-0.15, -0.1) is 0 Å². The van der Waals surface area contributed by atoms with Gasteiger partial charge in [-0.3, -0.25) is 0 Å². The van der Waals surface area contributed by atoms with Crippen molar-refractivity contribution in [1.29, 1.82) is 0 Å². The number of halogens is 7. The van der Waals surface area contributed by atoms with Crippen molar-refractivity contribution >= 4 is 40.1 Å². The molecule has 2 heterocycles. The third-order valence-electron chi connectivity index (χ3n) is 8.23. The van der Waals surface area contributed by atoms with Crippen molar-refractivity contribution in [2.75, 3.05) is 10.6 Å². The van der Waals surface area contributed by atoms with E-state index in [-0.39, 0.29) is 11.6 Å². The number of hydrogen-bond donors (Lipinski definition) is 4. The third-order valence-corrected chi connectivity index (χ3v) is 8.81. The van der Waals surface area contributed by atoms with Gasteiger partial charge < -0.3 is 20.7 Å². The molecule has 0 atom stereocenters. The summed E-state index contributed by atoms with van der Waals surface area (Å²) in [4.78, 5) is 16.9. The second-order valence-electron chi connectivity index (χ2n) is 12.0. The summed E-state index contributed by atoms with van der Waals surface area (Å²) in [6, 6.07) is 10.7. The highest BCUT2D eigenvalue weighted by Gasteiger charge is 2.36. The Hall–Kier alpha value is -3.76. The maximum atomic E-state index is 13.3. The van der Waals surface area contributed by atoms with Crippen LogP contribution in [0.3, 0.4) is 0 Å². The first-order chi connectivity index (χ1) is 23.6. The lowest BCUT2D eigenvalue weighted by atomic mass is 9.77. The minimum absolute atomic E-state index is 0.112. The molecule has 2 saturated carbocycles. The molecule has 2 aliphatic rings. The Labute approximate surface area is 295 Å². The van der Waals surface area contributed by atoms with Crippen LogP contribution in [0.4, 0.5) is 38.0 Å². The average Bonchev–Trinajstić information content (AvgIpc) is 3.78. The number of alkyl halides is 6. The van der Waals surface area contributed by atoms with Crippen molar-refractivity contribution in [3.8, 4) is 11.1 Å². The normalized spacial score (nSPS) is 15.1. The number of nitrogens with zero attached hydrogens (tertiary/aromatic N) is 4. The fourth-order valence-electron chi connectivity index (χ4n) is 5.81. The van der Waals surface area contributed by atoms with Gasteiger partial charge in [0, 0.05) is 30.0 Å². The van der Waals surface area contributed by atoms with Crippen molar-refractivity contribution < 1.29 is 36.4 Å². The Morgan fingerprint density at radius 2 is 1.12 bits per heavy atom. The Kier molecular flexibility index (Phi) is 13.6. The van der Waals surface area contributed by atoms with E-state index in [1.165, 1.54) is 56.1 Å². The van der Waals surface area contributed by atoms with Crippen molar-refractivity contribution in [3.05, 3.63) is 88.2 Å². The van der Waals surface area contributed by atoms with E-state index in [2.05, 4.69) is 46.5 Å². The SMILES string of the molecule is Cc1ncc(-c2ccccc2C(F)(F)F)c(NC2CCCC2)n1.Cc1ncc(Br)c(NC2CCCC2)n1.OB(O)c1ccccc1C(F)(F)F. The average molecular weight is 767 g/mol. The second-order valence-corrected chi connectivity index (χ2v) is 12.9. The van der Waals surface area contributed by atoms with Crippen LogP contribution in [-0.2, 0) is 12.4 Å². The lowest BCUT2D eigenvalue weighted by Crippen LogP contribution is -2.35. The Morgan fingerprint density at radius 1 is 0.660 bits per heavy atom. The fraction of sp³-hybridized carbons (Fsp3) is 0.412. The molecule has 16 heteroatoms. The van der Waals surface area contributed by atoms with Gasteiger partial charge in [0.1, 0.15) is 23.3 Å². The summed E-state index contributed by atoms with van der Waals surface area (Å²) in [5.74, 6) is 2.78. The van der Waals surface area contributed by atoms with E-state index in [0.717, 1.165) is 60.0 Å². The summed E-state index contributed by atoms with van der Waals surface area (Å²) >= 11 is 3.45. The molecule has 2 fully saturated rings. The van der Waals surface area contributed by atoms with Crippen LogP contribution in [0.2, 0.25) is 0 Å². The van der Waals surface area contributed by atoms with Gasteiger partial charge in [0.15, 0.2) is 0 Å². The monoisotopic (exact) mass is 766 g/mol. The van der Waals surface area contributed by atoms with E-state index in [1.54, 1.807) is 19.2 Å². The van der Waals surface area contributed by atoms with Crippen LogP contribution >= 0.6 is 15.9 Å². The highest BCUT2D eigenvalue weighted by Crippen LogP contribution is 2.39. The fourth-order valence-corrected chi connectivity index (χ4v) is 6.11. The number of aryl methyl sites for hydroxylation is 2. The van der Waals surface area contributed by atoms with E-state index in [1.807, 2.05) is 6.92 Å². The number of anilines is 2. The van der Waals surface area contributed by atoms with Crippen molar-refractivity contribution in [3.63, 3.8) is 0 Å². The topological polar surface area (TPSA) is 116 Å². The molecule has 0 spiro atoms. The van der Waals surface area contributed by atoms with Crippen LogP contribution in [0.15, 0.2) is 65.4 Å². The first-order valence-corrected chi connectivity index (χ1v) is 17.0. The molecule has 8 nitrogen and oxygen atoms in total. The molecule has 2 aromatic heterocycles. The zero-order chi connectivity index (χ0) is 36.5. The minimum Gasteiger partial charge on any atom is -0.423 e. The zero-order valence-electron chi connectivity index (χ0n) is 27.5. The summed E-state index contributed by atoms with van der Waals surface area (Å²) in [7, 11) is -2.10. The summed E-state index contributed by atoms with van der Waals surface area (Å²) in [5, 5.41) is 24.0. The maximum Gasteiger partial charge on any atom is 0.489 e. The minimum atomic E-state index is -4.56. The van der Waals surface area contributed by atoms with Crippen LogP contribution < -0.4 is 16.1 Å². The summed E-state index contributed by atoms with van der Waals surface area (Å²) in [6.45, 7) is 3.64. The predicted octanol–water partition coefficient (Wildman–Crippen LogP) is 8.11. The van der Waals surface area contributed by atoms with Gasteiger partial charge in [-0.25, -0.2) is 19.9 Å². The van der Waals surface area contributed by atoms with E-state index >= 15 is 0 Å². The van der Waals surface area contributed by atoms with Crippen LogP contribution in [0.5, 0.6) is 0 Å². The van der Waals surface area contributed by atoms with Gasteiger partial charge in [0.25, 0.3) is 0 Å². The quantitative estimate of drug-likeness (QED) is 0.115. The zero-order valence-corrected chi connectivity index (χ0v) is 29.1. The van der Waals surface area contributed by atoms with Gasteiger partial charge in [-0.1, -0.05) is 68.1 Å². The molecule has 4 N–H and O–H groups in total. The molecular formula is C34H38BBrF6N6O2. The molecule has 0 radical (unpaired) electrons. The second kappa shape index (κ2) is 17.4.